The van der Waals surface area contributed by atoms with Gasteiger partial charge in [0.15, 0.2) is 5.13 Å². The summed E-state index contributed by atoms with van der Waals surface area (Å²) in [5, 5.41) is 9.58. The first-order chi connectivity index (χ1) is 20.8. The van der Waals surface area contributed by atoms with Gasteiger partial charge in [0.25, 0.3) is 0 Å². The number of carbonyl (C=O) groups excluding carboxylic acids is 2. The molecule has 3 N–H and O–H groups in total. The van der Waals surface area contributed by atoms with E-state index in [9.17, 15) is 14.2 Å². The van der Waals surface area contributed by atoms with Gasteiger partial charge >= 0.3 is 13.6 Å². The van der Waals surface area contributed by atoms with Gasteiger partial charge in [0.2, 0.25) is 5.91 Å². The third kappa shape index (κ3) is 10.0. The van der Waals surface area contributed by atoms with Crippen LogP contribution in [0.15, 0.2) is 78.9 Å². The van der Waals surface area contributed by atoms with Crippen LogP contribution in [0.2, 0.25) is 5.02 Å². The van der Waals surface area contributed by atoms with Crippen LogP contribution in [0.1, 0.15) is 36.3 Å². The van der Waals surface area contributed by atoms with E-state index in [0.29, 0.717) is 47.7 Å². The zero-order valence-electron chi connectivity index (χ0n) is 24.0. The summed E-state index contributed by atoms with van der Waals surface area (Å²) in [5.74, 6) is -0.173. The molecule has 226 valence electrons. The van der Waals surface area contributed by atoms with Crippen LogP contribution in [-0.2, 0) is 37.5 Å². The summed E-state index contributed by atoms with van der Waals surface area (Å²) in [6.07, 6.45) is 0.773. The molecule has 0 fully saturated rings. The maximum atomic E-state index is 12.9. The first kappa shape index (κ1) is 32.4. The largest absolute Gasteiger partial charge is 0.335 e. The number of anilines is 2. The number of hydrogen-bond donors (Lipinski definition) is 3. The summed E-state index contributed by atoms with van der Waals surface area (Å²) in [4.78, 5) is 30.9. The van der Waals surface area contributed by atoms with Crippen molar-refractivity contribution in [2.45, 2.75) is 39.4 Å². The van der Waals surface area contributed by atoms with Gasteiger partial charge in [-0.1, -0.05) is 66.2 Å². The van der Waals surface area contributed by atoms with Gasteiger partial charge in [-0.05, 0) is 55.7 Å². The molecule has 0 saturated heterocycles. The van der Waals surface area contributed by atoms with Crippen molar-refractivity contribution < 1.29 is 23.2 Å². The fourth-order valence-corrected chi connectivity index (χ4v) is 7.02. The maximum absolute atomic E-state index is 12.9. The number of nitrogens with zero attached hydrogens (tertiary/aromatic N) is 1. The summed E-state index contributed by atoms with van der Waals surface area (Å²) in [7, 11) is -3.22. The number of amides is 3. The molecule has 0 saturated carbocycles. The van der Waals surface area contributed by atoms with Crippen molar-refractivity contribution in [3.8, 4) is 11.3 Å². The number of nitrogens with one attached hydrogen (secondary N) is 3. The van der Waals surface area contributed by atoms with Gasteiger partial charge in [-0.15, -0.1) is 11.3 Å². The van der Waals surface area contributed by atoms with Crippen LogP contribution in [0.5, 0.6) is 0 Å². The molecule has 3 aromatic carbocycles. The van der Waals surface area contributed by atoms with Crippen molar-refractivity contribution in [3.05, 3.63) is 99.9 Å². The molecule has 3 amide bonds. The lowest BCUT2D eigenvalue weighted by Gasteiger charge is -2.17. The molecule has 9 nitrogen and oxygen atoms in total. The van der Waals surface area contributed by atoms with E-state index in [-0.39, 0.29) is 24.5 Å². The van der Waals surface area contributed by atoms with Crippen molar-refractivity contribution in [3.63, 3.8) is 0 Å². The fraction of sp³-hybridized carbons (Fsp3) is 0.258. The highest BCUT2D eigenvalue weighted by Gasteiger charge is 2.24. The Hall–Kier alpha value is -3.53. The summed E-state index contributed by atoms with van der Waals surface area (Å²) in [6, 6.07) is 23.6. The summed E-state index contributed by atoms with van der Waals surface area (Å²) in [6.45, 7) is 4.52. The lowest BCUT2D eigenvalue weighted by molar-refractivity contribution is -0.116. The van der Waals surface area contributed by atoms with Crippen LogP contribution in [0, 0.1) is 0 Å². The van der Waals surface area contributed by atoms with Gasteiger partial charge < -0.3 is 19.7 Å². The number of benzene rings is 3. The number of halogens is 1. The number of aromatic nitrogens is 1. The SMILES string of the molecule is CCOP(=O)(Cc1ccc(NC(=O)CCc2sc(NC(=O)NCc3ccccc3)nc2-c2ccc(Cl)cc2)cc1)OCC. The molecule has 4 rings (SSSR count). The molecule has 0 radical (unpaired) electrons. The van der Waals surface area contributed by atoms with Crippen molar-refractivity contribution in [2.75, 3.05) is 23.8 Å². The number of aryl methyl sites for hydroxylation is 1. The Morgan fingerprint density at radius 1 is 0.884 bits per heavy atom. The molecule has 0 aliphatic heterocycles. The van der Waals surface area contributed by atoms with E-state index in [2.05, 4.69) is 20.9 Å². The van der Waals surface area contributed by atoms with Crippen molar-refractivity contribution in [2.24, 2.45) is 0 Å². The van der Waals surface area contributed by atoms with Crippen LogP contribution < -0.4 is 16.0 Å². The van der Waals surface area contributed by atoms with E-state index in [1.165, 1.54) is 11.3 Å². The third-order valence-corrected chi connectivity index (χ3v) is 9.51. The van der Waals surface area contributed by atoms with Crippen molar-refractivity contribution in [1.82, 2.24) is 10.3 Å². The molecule has 4 aromatic rings. The fourth-order valence-electron chi connectivity index (χ4n) is 4.22. The lowest BCUT2D eigenvalue weighted by Crippen LogP contribution is -2.28. The molecular weight excluding hydrogens is 607 g/mol. The molecule has 0 aliphatic rings. The molecule has 1 heterocycles. The van der Waals surface area contributed by atoms with E-state index in [4.69, 9.17) is 20.6 Å². The molecule has 0 atom stereocenters. The van der Waals surface area contributed by atoms with Crippen LogP contribution >= 0.6 is 30.5 Å². The normalized spacial score (nSPS) is 11.2. The first-order valence-electron chi connectivity index (χ1n) is 13.9. The highest BCUT2D eigenvalue weighted by atomic mass is 35.5. The second kappa shape index (κ2) is 15.8. The van der Waals surface area contributed by atoms with Gasteiger partial charge in [0.1, 0.15) is 0 Å². The number of thiazole rings is 1. The molecule has 0 aliphatic carbocycles. The predicted octanol–water partition coefficient (Wildman–Crippen LogP) is 8.12. The minimum absolute atomic E-state index is 0.155. The maximum Gasteiger partial charge on any atom is 0.335 e. The highest BCUT2D eigenvalue weighted by Crippen LogP contribution is 2.51. The van der Waals surface area contributed by atoms with E-state index >= 15 is 0 Å². The molecular formula is C31H34ClN4O5PS. The van der Waals surface area contributed by atoms with E-state index in [0.717, 1.165) is 21.6 Å². The second-order valence-corrected chi connectivity index (χ2v) is 13.0. The van der Waals surface area contributed by atoms with Gasteiger partial charge in [0.05, 0.1) is 25.1 Å². The first-order valence-corrected chi connectivity index (χ1v) is 16.8. The van der Waals surface area contributed by atoms with Crippen LogP contribution in [0.3, 0.4) is 0 Å². The number of urea groups is 1. The Balaban J connectivity index is 1.38. The van der Waals surface area contributed by atoms with Crippen molar-refractivity contribution >= 4 is 53.3 Å². The molecule has 0 spiro atoms. The zero-order valence-corrected chi connectivity index (χ0v) is 26.4. The number of carbonyl (C=O) groups is 2. The highest BCUT2D eigenvalue weighted by molar-refractivity contribution is 7.53. The minimum atomic E-state index is -3.22. The lowest BCUT2D eigenvalue weighted by atomic mass is 10.1. The average molecular weight is 641 g/mol. The Kier molecular flexibility index (Phi) is 11.9. The molecule has 1 aromatic heterocycles. The van der Waals surface area contributed by atoms with Crippen LogP contribution in [0.25, 0.3) is 11.3 Å². The van der Waals surface area contributed by atoms with E-state index < -0.39 is 7.60 Å². The van der Waals surface area contributed by atoms with Gasteiger partial charge in [-0.3, -0.25) is 14.7 Å². The van der Waals surface area contributed by atoms with Crippen LogP contribution in [-0.4, -0.2) is 30.1 Å². The summed E-state index contributed by atoms with van der Waals surface area (Å²) < 4.78 is 23.6. The van der Waals surface area contributed by atoms with Gasteiger partial charge in [-0.2, -0.15) is 0 Å². The Morgan fingerprint density at radius 3 is 2.21 bits per heavy atom. The summed E-state index contributed by atoms with van der Waals surface area (Å²) >= 11 is 7.41. The summed E-state index contributed by atoms with van der Waals surface area (Å²) in [5.41, 5.74) is 3.91. The predicted molar refractivity (Wildman–Crippen MR) is 173 cm³/mol. The monoisotopic (exact) mass is 640 g/mol. The number of hydrogen-bond acceptors (Lipinski definition) is 7. The Morgan fingerprint density at radius 2 is 1.56 bits per heavy atom. The smallest absolute Gasteiger partial charge is 0.334 e. The molecule has 0 bridgehead atoms. The molecule has 12 heteroatoms. The van der Waals surface area contributed by atoms with Gasteiger partial charge in [-0.25, -0.2) is 9.78 Å². The second-order valence-electron chi connectivity index (χ2n) is 9.44. The minimum Gasteiger partial charge on any atom is -0.334 e. The van der Waals surface area contributed by atoms with E-state index in [1.54, 1.807) is 50.2 Å². The Bertz CT molecular complexity index is 1540. The van der Waals surface area contributed by atoms with Gasteiger partial charge in [0, 0.05) is 34.1 Å². The Labute approximate surface area is 260 Å². The van der Waals surface area contributed by atoms with E-state index in [1.807, 2.05) is 42.5 Å². The third-order valence-electron chi connectivity index (χ3n) is 6.18. The molecule has 0 unspecified atom stereocenters. The zero-order chi connectivity index (χ0) is 30.7. The topological polar surface area (TPSA) is 119 Å². The molecule has 43 heavy (non-hydrogen) atoms. The standard InChI is InChI=1S/C31H34ClN4O5PS/c1-3-40-42(39,41-4-2)21-23-10-16-26(17-11-23)34-28(37)19-18-27-29(24-12-14-25(32)15-13-24)35-31(43-27)36-30(38)33-20-22-8-6-5-7-9-22/h5-17H,3-4,18-21H2,1-2H3,(H,34,37)(H2,33,35,36,38). The van der Waals surface area contributed by atoms with Crippen LogP contribution in [0.4, 0.5) is 15.6 Å². The van der Waals surface area contributed by atoms with Crippen molar-refractivity contribution in [1.29, 1.82) is 0 Å². The number of rotatable bonds is 14. The quantitative estimate of drug-likeness (QED) is 0.120. The average Bonchev–Trinajstić information content (AvgIpc) is 3.39.